The number of carbonyl (C=O) groups excluding carboxylic acids is 1. The Bertz CT molecular complexity index is 873. The molecule has 0 saturated heterocycles. The van der Waals surface area contributed by atoms with Crippen molar-refractivity contribution >= 4 is 73.0 Å². The molecule has 0 bridgehead atoms. The van der Waals surface area contributed by atoms with Crippen molar-refractivity contribution in [2.75, 3.05) is 28.2 Å². The molecule has 0 aliphatic heterocycles. The van der Waals surface area contributed by atoms with Gasteiger partial charge in [0.25, 0.3) is 0 Å². The van der Waals surface area contributed by atoms with E-state index in [1.54, 1.807) is 0 Å². The molecule has 0 saturated carbocycles. The molecular formula is C13H14Cl2N4O3S3. The molecule has 1 amide bonds. The van der Waals surface area contributed by atoms with Crippen LogP contribution in [0.25, 0.3) is 0 Å². The third kappa shape index (κ3) is 5.71. The third-order valence-corrected chi connectivity index (χ3v) is 6.53. The van der Waals surface area contributed by atoms with Crippen LogP contribution in [0.15, 0.2) is 22.5 Å². The van der Waals surface area contributed by atoms with Crippen LogP contribution in [0.2, 0.25) is 10.0 Å². The molecule has 0 radical (unpaired) electrons. The minimum Gasteiger partial charge on any atom is -0.299 e. The summed E-state index contributed by atoms with van der Waals surface area (Å²) in [6.45, 7) is 1.55. The summed E-state index contributed by atoms with van der Waals surface area (Å²) >= 11 is 14.5. The summed E-state index contributed by atoms with van der Waals surface area (Å²) in [4.78, 5) is 12.2. The van der Waals surface area contributed by atoms with E-state index < -0.39 is 22.5 Å². The molecule has 0 aliphatic carbocycles. The second kappa shape index (κ2) is 8.54. The minimum atomic E-state index is -3.70. The lowest BCUT2D eigenvalue weighted by atomic mass is 10.3. The summed E-state index contributed by atoms with van der Waals surface area (Å²) in [7, 11) is -3.70. The van der Waals surface area contributed by atoms with E-state index in [9.17, 15) is 13.2 Å². The number of rotatable bonds is 7. The van der Waals surface area contributed by atoms with E-state index in [4.69, 9.17) is 23.2 Å². The smallest absolute Gasteiger partial charge is 0.246 e. The SMILES string of the molecule is CCSc1nnc(NC(=O)CN(c2ccc(Cl)c(Cl)c2)S(C)(=O)=O)s1. The van der Waals surface area contributed by atoms with Crippen molar-refractivity contribution < 1.29 is 13.2 Å². The zero-order valence-electron chi connectivity index (χ0n) is 13.2. The van der Waals surface area contributed by atoms with Crippen LogP contribution in [0.3, 0.4) is 0 Å². The average Bonchev–Trinajstić information content (AvgIpc) is 2.94. The Kier molecular flexibility index (Phi) is 6.92. The van der Waals surface area contributed by atoms with Gasteiger partial charge < -0.3 is 0 Å². The standard InChI is InChI=1S/C13H14Cl2N4O3S3/c1-3-23-13-18-17-12(24-13)16-11(20)7-19(25(2,21)22)8-4-5-9(14)10(15)6-8/h4-6H,3,7H2,1-2H3,(H,16,17,20). The Labute approximate surface area is 163 Å². The predicted octanol–water partition coefficient (Wildman–Crippen LogP) is 3.36. The van der Waals surface area contributed by atoms with E-state index in [0.29, 0.717) is 5.13 Å². The van der Waals surface area contributed by atoms with E-state index >= 15 is 0 Å². The highest BCUT2D eigenvalue weighted by Crippen LogP contribution is 2.29. The van der Waals surface area contributed by atoms with Gasteiger partial charge in [0.1, 0.15) is 6.54 Å². The van der Waals surface area contributed by atoms with Gasteiger partial charge in [-0.3, -0.25) is 14.4 Å². The van der Waals surface area contributed by atoms with Crippen LogP contribution in [0.1, 0.15) is 6.92 Å². The van der Waals surface area contributed by atoms with Crippen LogP contribution in [0, 0.1) is 0 Å². The van der Waals surface area contributed by atoms with Crippen LogP contribution in [-0.4, -0.2) is 43.1 Å². The molecule has 2 rings (SSSR count). The highest BCUT2D eigenvalue weighted by Gasteiger charge is 2.22. The van der Waals surface area contributed by atoms with Gasteiger partial charge >= 0.3 is 0 Å². The first-order valence-corrected chi connectivity index (χ1v) is 11.3. The first-order valence-electron chi connectivity index (χ1n) is 6.89. The highest BCUT2D eigenvalue weighted by atomic mass is 35.5. The molecule has 0 fully saturated rings. The molecule has 1 N–H and O–H groups in total. The number of anilines is 2. The van der Waals surface area contributed by atoms with Gasteiger partial charge in [-0.25, -0.2) is 8.42 Å². The van der Waals surface area contributed by atoms with Gasteiger partial charge in [0.2, 0.25) is 21.1 Å². The largest absolute Gasteiger partial charge is 0.299 e. The average molecular weight is 441 g/mol. The number of benzene rings is 1. The first kappa shape index (κ1) is 20.2. The molecule has 12 heteroatoms. The fourth-order valence-electron chi connectivity index (χ4n) is 1.77. The second-order valence-corrected chi connectivity index (χ2v) is 9.93. The quantitative estimate of drug-likeness (QED) is 0.523. The number of hydrogen-bond acceptors (Lipinski definition) is 7. The Balaban J connectivity index is 2.16. The van der Waals surface area contributed by atoms with Gasteiger partial charge in [0, 0.05) is 0 Å². The molecule has 1 heterocycles. The van der Waals surface area contributed by atoms with Crippen molar-refractivity contribution in [1.29, 1.82) is 0 Å². The normalized spacial score (nSPS) is 11.4. The minimum absolute atomic E-state index is 0.193. The second-order valence-electron chi connectivity index (χ2n) is 4.72. The van der Waals surface area contributed by atoms with E-state index in [0.717, 1.165) is 20.7 Å². The number of hydrogen-bond donors (Lipinski definition) is 1. The van der Waals surface area contributed by atoms with Gasteiger partial charge in [-0.2, -0.15) is 0 Å². The summed E-state index contributed by atoms with van der Waals surface area (Å²) in [6.07, 6.45) is 1.00. The van der Waals surface area contributed by atoms with Crippen molar-refractivity contribution in [3.8, 4) is 0 Å². The number of carbonyl (C=O) groups is 1. The first-order chi connectivity index (χ1) is 11.7. The highest BCUT2D eigenvalue weighted by molar-refractivity contribution is 8.01. The number of halogens is 2. The van der Waals surface area contributed by atoms with Crippen LogP contribution in [0.5, 0.6) is 0 Å². The van der Waals surface area contributed by atoms with Crippen molar-refractivity contribution in [1.82, 2.24) is 10.2 Å². The van der Waals surface area contributed by atoms with Gasteiger partial charge in [0.15, 0.2) is 4.34 Å². The Morgan fingerprint density at radius 3 is 2.64 bits per heavy atom. The summed E-state index contributed by atoms with van der Waals surface area (Å²) in [5, 5.41) is 11.1. The predicted molar refractivity (Wildman–Crippen MR) is 104 cm³/mol. The lowest BCUT2D eigenvalue weighted by Crippen LogP contribution is -2.37. The molecular weight excluding hydrogens is 427 g/mol. The summed E-state index contributed by atoms with van der Waals surface area (Å²) < 4.78 is 25.8. The van der Waals surface area contributed by atoms with Crippen molar-refractivity contribution in [2.24, 2.45) is 0 Å². The summed E-state index contributed by atoms with van der Waals surface area (Å²) in [6, 6.07) is 4.33. The number of amides is 1. The monoisotopic (exact) mass is 440 g/mol. The van der Waals surface area contributed by atoms with Crippen molar-refractivity contribution in [3.63, 3.8) is 0 Å². The van der Waals surface area contributed by atoms with E-state index in [1.165, 1.54) is 41.3 Å². The number of aromatic nitrogens is 2. The molecule has 0 spiro atoms. The number of nitrogens with zero attached hydrogens (tertiary/aromatic N) is 3. The zero-order valence-corrected chi connectivity index (χ0v) is 17.2. The topological polar surface area (TPSA) is 92.3 Å². The lowest BCUT2D eigenvalue weighted by molar-refractivity contribution is -0.114. The number of nitrogens with one attached hydrogen (secondary N) is 1. The zero-order chi connectivity index (χ0) is 18.6. The maximum absolute atomic E-state index is 12.2. The summed E-state index contributed by atoms with van der Waals surface area (Å²) in [5.74, 6) is 0.294. The van der Waals surface area contributed by atoms with Gasteiger partial charge in [0.05, 0.1) is 22.0 Å². The van der Waals surface area contributed by atoms with Gasteiger partial charge in [-0.15, -0.1) is 10.2 Å². The van der Waals surface area contributed by atoms with Gasteiger partial charge in [-0.05, 0) is 24.0 Å². The Hall–Kier alpha value is -1.07. The molecule has 0 atom stereocenters. The molecule has 0 aliphatic rings. The molecule has 136 valence electrons. The number of thioether (sulfide) groups is 1. The lowest BCUT2D eigenvalue weighted by Gasteiger charge is -2.21. The maximum atomic E-state index is 12.2. The molecule has 2 aromatic rings. The Morgan fingerprint density at radius 1 is 1.32 bits per heavy atom. The van der Waals surface area contributed by atoms with Crippen molar-refractivity contribution in [2.45, 2.75) is 11.3 Å². The summed E-state index contributed by atoms with van der Waals surface area (Å²) in [5.41, 5.74) is 0.242. The van der Waals surface area contributed by atoms with Crippen molar-refractivity contribution in [3.05, 3.63) is 28.2 Å². The van der Waals surface area contributed by atoms with E-state index in [1.807, 2.05) is 6.92 Å². The Morgan fingerprint density at radius 2 is 2.04 bits per heavy atom. The van der Waals surface area contributed by atoms with Crippen LogP contribution in [0.4, 0.5) is 10.8 Å². The molecule has 7 nitrogen and oxygen atoms in total. The van der Waals surface area contributed by atoms with Crippen LogP contribution in [-0.2, 0) is 14.8 Å². The van der Waals surface area contributed by atoms with Crippen LogP contribution >= 0.6 is 46.3 Å². The molecule has 1 aromatic heterocycles. The molecule has 0 unspecified atom stereocenters. The maximum Gasteiger partial charge on any atom is 0.246 e. The number of sulfonamides is 1. The van der Waals surface area contributed by atoms with Crippen LogP contribution < -0.4 is 9.62 Å². The van der Waals surface area contributed by atoms with Gasteiger partial charge in [-0.1, -0.05) is 53.2 Å². The fourth-order valence-corrected chi connectivity index (χ4v) is 4.58. The van der Waals surface area contributed by atoms with E-state index in [2.05, 4.69) is 15.5 Å². The molecule has 25 heavy (non-hydrogen) atoms. The third-order valence-electron chi connectivity index (χ3n) is 2.80. The molecule has 1 aromatic carbocycles. The van der Waals surface area contributed by atoms with E-state index in [-0.39, 0.29) is 15.7 Å². The fraction of sp³-hybridized carbons (Fsp3) is 0.308.